The first-order chi connectivity index (χ1) is 20.5. The summed E-state index contributed by atoms with van der Waals surface area (Å²) in [6.45, 7) is 3.29. The number of carboxylic acid groups (broad SMARTS) is 1. The summed E-state index contributed by atoms with van der Waals surface area (Å²) < 4.78 is 0. The quantitative estimate of drug-likeness (QED) is 0.122. The predicted octanol–water partition coefficient (Wildman–Crippen LogP) is 0.659. The van der Waals surface area contributed by atoms with Crippen LogP contribution in [-0.2, 0) is 27.2 Å². The topological polar surface area (TPSA) is 212 Å². The van der Waals surface area contributed by atoms with E-state index in [9.17, 15) is 34.2 Å². The third kappa shape index (κ3) is 12.8. The lowest BCUT2D eigenvalue weighted by molar-refractivity contribution is -0.139. The van der Waals surface area contributed by atoms with Gasteiger partial charge in [-0.2, -0.15) is 0 Å². The van der Waals surface area contributed by atoms with Gasteiger partial charge in [0.05, 0.1) is 12.6 Å². The fraction of sp³-hybridized carbons (Fsp3) is 0.433. The Morgan fingerprint density at radius 2 is 1.33 bits per heavy atom. The van der Waals surface area contributed by atoms with Crippen LogP contribution in [0.25, 0.3) is 0 Å². The Bertz CT molecular complexity index is 1200. The van der Waals surface area contributed by atoms with Crippen LogP contribution < -0.4 is 32.3 Å². The van der Waals surface area contributed by atoms with E-state index in [4.69, 9.17) is 5.73 Å². The number of carboxylic acids is 1. The zero-order valence-corrected chi connectivity index (χ0v) is 24.4. The number of aliphatic carboxylic acids is 1. The molecule has 43 heavy (non-hydrogen) atoms. The molecule has 0 saturated heterocycles. The van der Waals surface area contributed by atoms with E-state index in [0.29, 0.717) is 12.0 Å². The van der Waals surface area contributed by atoms with Gasteiger partial charge in [0.2, 0.25) is 11.8 Å². The summed E-state index contributed by atoms with van der Waals surface area (Å²) in [4.78, 5) is 62.3. The molecule has 2 aromatic carbocycles. The summed E-state index contributed by atoms with van der Waals surface area (Å²) >= 11 is 0. The van der Waals surface area contributed by atoms with Gasteiger partial charge in [-0.15, -0.1) is 0 Å². The molecule has 0 saturated carbocycles. The van der Waals surface area contributed by atoms with E-state index in [0.717, 1.165) is 5.56 Å². The van der Waals surface area contributed by atoms with Crippen molar-refractivity contribution in [3.8, 4) is 0 Å². The maximum Gasteiger partial charge on any atom is 0.326 e. The fourth-order valence-electron chi connectivity index (χ4n) is 4.33. The van der Waals surface area contributed by atoms with Gasteiger partial charge < -0.3 is 42.5 Å². The van der Waals surface area contributed by atoms with Crippen LogP contribution in [0.5, 0.6) is 0 Å². The molecule has 0 radical (unpaired) electrons. The van der Waals surface area contributed by atoms with Crippen molar-refractivity contribution in [3.05, 3.63) is 71.8 Å². The van der Waals surface area contributed by atoms with Crippen molar-refractivity contribution < 1.29 is 34.2 Å². The van der Waals surface area contributed by atoms with E-state index in [1.807, 2.05) is 30.3 Å². The van der Waals surface area contributed by atoms with Crippen molar-refractivity contribution in [1.29, 1.82) is 0 Å². The summed E-state index contributed by atoms with van der Waals surface area (Å²) in [5.74, 6) is -2.79. The van der Waals surface area contributed by atoms with Gasteiger partial charge in [0.25, 0.3) is 0 Å². The first-order valence-corrected chi connectivity index (χ1v) is 14.1. The summed E-state index contributed by atoms with van der Waals surface area (Å²) in [5, 5.41) is 32.2. The number of urea groups is 2. The van der Waals surface area contributed by atoms with E-state index in [-0.39, 0.29) is 38.3 Å². The van der Waals surface area contributed by atoms with Gasteiger partial charge in [-0.25, -0.2) is 14.4 Å². The maximum absolute atomic E-state index is 13.4. The molecule has 0 aliphatic rings. The molecule has 234 valence electrons. The molecular weight excluding hydrogens is 556 g/mol. The highest BCUT2D eigenvalue weighted by Gasteiger charge is 2.30. The zero-order valence-electron chi connectivity index (χ0n) is 24.4. The van der Waals surface area contributed by atoms with Gasteiger partial charge in [0.1, 0.15) is 18.1 Å². The Labute approximate surface area is 251 Å². The molecule has 0 spiro atoms. The zero-order chi connectivity index (χ0) is 31.8. The first kappa shape index (κ1) is 34.6. The Kier molecular flexibility index (Phi) is 14.5. The van der Waals surface area contributed by atoms with Gasteiger partial charge in [-0.3, -0.25) is 9.59 Å². The molecule has 2 aromatic rings. The monoisotopic (exact) mass is 598 g/mol. The van der Waals surface area contributed by atoms with Crippen molar-refractivity contribution in [2.45, 2.75) is 63.7 Å². The predicted molar refractivity (Wildman–Crippen MR) is 160 cm³/mol. The molecule has 4 unspecified atom stereocenters. The standard InChI is InChI=1S/C30H42N6O7/c1-19(2)25(27(39)33-22(18-37)16-20-10-5-3-6-11-20)36-26(38)23(14-9-15-32-29(31)42)34-30(43)35-24(28(40)41)17-21-12-7-4-8-13-21/h3-8,10-13,19,22-25,37H,9,14-18H2,1-2H3,(H,33,39)(H,36,38)(H,40,41)(H3,31,32,42)(H2,34,35,43). The minimum absolute atomic E-state index is 0.0214. The number of amides is 6. The Hall–Kier alpha value is -4.65. The normalized spacial score (nSPS) is 13.6. The number of nitrogens with two attached hydrogens (primary N) is 1. The molecule has 0 aliphatic heterocycles. The highest BCUT2D eigenvalue weighted by atomic mass is 16.4. The molecule has 6 amide bonds. The Balaban J connectivity index is 2.11. The molecular formula is C30H42N6O7. The highest BCUT2D eigenvalue weighted by Crippen LogP contribution is 2.08. The molecule has 4 atom stereocenters. The summed E-state index contributed by atoms with van der Waals surface area (Å²) in [6.07, 6.45) is 0.700. The molecule has 0 aromatic heterocycles. The number of carbonyl (C=O) groups is 5. The van der Waals surface area contributed by atoms with E-state index in [2.05, 4.69) is 26.6 Å². The number of rotatable bonds is 17. The minimum Gasteiger partial charge on any atom is -0.480 e. The average Bonchev–Trinajstić information content (AvgIpc) is 2.97. The molecule has 0 heterocycles. The first-order valence-electron chi connectivity index (χ1n) is 14.1. The highest BCUT2D eigenvalue weighted by molar-refractivity contribution is 5.92. The number of primary amides is 1. The number of aliphatic hydroxyl groups is 1. The van der Waals surface area contributed by atoms with Crippen LogP contribution in [0.15, 0.2) is 60.7 Å². The van der Waals surface area contributed by atoms with Crippen molar-refractivity contribution in [2.75, 3.05) is 13.2 Å². The third-order valence-electron chi connectivity index (χ3n) is 6.62. The van der Waals surface area contributed by atoms with Gasteiger partial charge in [-0.1, -0.05) is 74.5 Å². The third-order valence-corrected chi connectivity index (χ3v) is 6.62. The fourth-order valence-corrected chi connectivity index (χ4v) is 4.33. The Morgan fingerprint density at radius 3 is 1.84 bits per heavy atom. The largest absolute Gasteiger partial charge is 0.480 e. The van der Waals surface area contributed by atoms with Crippen LogP contribution in [0.2, 0.25) is 0 Å². The van der Waals surface area contributed by atoms with Crippen LogP contribution in [0.3, 0.4) is 0 Å². The number of hydrogen-bond acceptors (Lipinski definition) is 6. The Morgan fingerprint density at radius 1 is 0.767 bits per heavy atom. The second-order valence-electron chi connectivity index (χ2n) is 10.5. The van der Waals surface area contributed by atoms with Gasteiger partial charge in [0.15, 0.2) is 0 Å². The molecule has 9 N–H and O–H groups in total. The lowest BCUT2D eigenvalue weighted by Crippen LogP contribution is -2.58. The average molecular weight is 599 g/mol. The maximum atomic E-state index is 13.4. The minimum atomic E-state index is -1.27. The lowest BCUT2D eigenvalue weighted by Gasteiger charge is -2.27. The van der Waals surface area contributed by atoms with Gasteiger partial charge >= 0.3 is 18.0 Å². The molecule has 0 aliphatic carbocycles. The van der Waals surface area contributed by atoms with Crippen molar-refractivity contribution in [1.82, 2.24) is 26.6 Å². The summed E-state index contributed by atoms with van der Waals surface area (Å²) in [7, 11) is 0. The number of aliphatic hydroxyl groups excluding tert-OH is 1. The van der Waals surface area contributed by atoms with Crippen LogP contribution >= 0.6 is 0 Å². The number of hydrogen-bond donors (Lipinski definition) is 8. The molecule has 13 nitrogen and oxygen atoms in total. The molecule has 0 fully saturated rings. The van der Waals surface area contributed by atoms with Crippen LogP contribution in [0.1, 0.15) is 37.8 Å². The van der Waals surface area contributed by atoms with Crippen molar-refractivity contribution in [2.24, 2.45) is 11.7 Å². The van der Waals surface area contributed by atoms with Gasteiger partial charge in [0, 0.05) is 13.0 Å². The second kappa shape index (κ2) is 18.0. The summed E-state index contributed by atoms with van der Waals surface area (Å²) in [5.41, 5.74) is 6.71. The second-order valence-corrected chi connectivity index (χ2v) is 10.5. The lowest BCUT2D eigenvalue weighted by atomic mass is 10.0. The number of nitrogens with one attached hydrogen (secondary N) is 5. The van der Waals surface area contributed by atoms with Crippen LogP contribution in [-0.4, -0.2) is 77.4 Å². The smallest absolute Gasteiger partial charge is 0.326 e. The summed E-state index contributed by atoms with van der Waals surface area (Å²) in [6, 6.07) is 12.4. The molecule has 0 bridgehead atoms. The number of carbonyl (C=O) groups excluding carboxylic acids is 4. The van der Waals surface area contributed by atoms with Crippen LogP contribution in [0.4, 0.5) is 9.59 Å². The SMILES string of the molecule is CC(C)C(NC(=O)C(CCCNC(N)=O)NC(=O)NC(Cc1ccccc1)C(=O)O)C(=O)NC(CO)Cc1ccccc1. The van der Waals surface area contributed by atoms with E-state index < -0.39 is 54.0 Å². The molecule has 13 heteroatoms. The van der Waals surface area contributed by atoms with E-state index in [1.165, 1.54) is 0 Å². The van der Waals surface area contributed by atoms with Crippen LogP contribution in [0, 0.1) is 5.92 Å². The molecule has 2 rings (SSSR count). The number of benzene rings is 2. The van der Waals surface area contributed by atoms with Gasteiger partial charge in [-0.05, 0) is 36.3 Å². The van der Waals surface area contributed by atoms with Crippen molar-refractivity contribution >= 4 is 29.8 Å². The van der Waals surface area contributed by atoms with E-state index in [1.54, 1.807) is 44.2 Å². The van der Waals surface area contributed by atoms with Crippen molar-refractivity contribution in [3.63, 3.8) is 0 Å². The van der Waals surface area contributed by atoms with E-state index >= 15 is 0 Å².